The smallest absolute Gasteiger partial charge is 0.316 e. The predicted molar refractivity (Wildman–Crippen MR) is 115 cm³/mol. The molecule has 0 bridgehead atoms. The summed E-state index contributed by atoms with van der Waals surface area (Å²) in [6, 6.07) is 1.68. The molecule has 0 aliphatic heterocycles. The summed E-state index contributed by atoms with van der Waals surface area (Å²) in [6.07, 6.45) is -13.3. The van der Waals surface area contributed by atoms with Crippen LogP contribution in [0.2, 0.25) is 0 Å². The molecule has 0 radical (unpaired) electrons. The summed E-state index contributed by atoms with van der Waals surface area (Å²) in [4.78, 5) is 0. The largest absolute Gasteiger partial charge is 0.459 e. The van der Waals surface area contributed by atoms with Gasteiger partial charge >= 0.3 is 36.0 Å². The van der Waals surface area contributed by atoms with Crippen LogP contribution in [0.25, 0.3) is 21.5 Å². The van der Waals surface area contributed by atoms with E-state index in [4.69, 9.17) is 48.9 Å². The third-order valence-corrected chi connectivity index (χ3v) is 7.17. The minimum atomic E-state index is -6.64. The van der Waals surface area contributed by atoms with Gasteiger partial charge in [-0.05, 0) is 12.1 Å². The fourth-order valence-corrected chi connectivity index (χ4v) is 4.79. The van der Waals surface area contributed by atoms with Gasteiger partial charge in [-0.25, -0.2) is 0 Å². The summed E-state index contributed by atoms with van der Waals surface area (Å²) < 4.78 is 181. The van der Waals surface area contributed by atoms with Crippen molar-refractivity contribution in [2.24, 2.45) is 0 Å². The fourth-order valence-electron chi connectivity index (χ4n) is 3.37. The van der Waals surface area contributed by atoms with Crippen LogP contribution in [0.4, 0.5) is 61.5 Å². The molecule has 0 N–H and O–H groups in total. The summed E-state index contributed by atoms with van der Waals surface area (Å²) in [7, 11) is 0. The average Bonchev–Trinajstić information content (AvgIpc) is 3.10. The molecule has 1 aromatic carbocycles. The molecular formula is C18H6F14N2S4. The number of hydrogen-bond acceptors (Lipinski definition) is 4. The molecular weight excluding hydrogens is 638 g/mol. The van der Waals surface area contributed by atoms with Crippen LogP contribution < -0.4 is 0 Å². The van der Waals surface area contributed by atoms with Gasteiger partial charge in [0.2, 0.25) is 0 Å². The van der Waals surface area contributed by atoms with E-state index in [-0.39, 0.29) is 30.7 Å². The highest BCUT2D eigenvalue weighted by atomic mass is 32.1. The number of rotatable bonds is 6. The Hall–Kier alpha value is -1.80. The van der Waals surface area contributed by atoms with Crippen molar-refractivity contribution < 1.29 is 61.5 Å². The van der Waals surface area contributed by atoms with E-state index in [1.165, 1.54) is 0 Å². The van der Waals surface area contributed by atoms with Gasteiger partial charge in [-0.2, -0.15) is 61.5 Å². The first-order valence-corrected chi connectivity index (χ1v) is 11.0. The van der Waals surface area contributed by atoms with Crippen LogP contribution in [0.1, 0.15) is 0 Å². The lowest BCUT2D eigenvalue weighted by molar-refractivity contribution is -0.357. The number of hydrogen-bond donors (Lipinski definition) is 0. The highest BCUT2D eigenvalue weighted by molar-refractivity contribution is 7.72. The van der Waals surface area contributed by atoms with Crippen LogP contribution in [0.3, 0.4) is 0 Å². The Morgan fingerprint density at radius 3 is 0.842 bits per heavy atom. The molecule has 0 aliphatic carbocycles. The first-order valence-electron chi connectivity index (χ1n) is 9.35. The van der Waals surface area contributed by atoms with Crippen LogP contribution in [-0.2, 0) is 13.1 Å². The van der Waals surface area contributed by atoms with Crippen molar-refractivity contribution >= 4 is 70.4 Å². The van der Waals surface area contributed by atoms with Gasteiger partial charge in [0.05, 0.1) is 13.1 Å². The van der Waals surface area contributed by atoms with E-state index in [1.807, 2.05) is 0 Å². The van der Waals surface area contributed by atoms with Crippen molar-refractivity contribution in [1.82, 2.24) is 9.13 Å². The minimum absolute atomic E-state index is 0.0893. The third-order valence-electron chi connectivity index (χ3n) is 5.40. The maximum absolute atomic E-state index is 14.0. The summed E-state index contributed by atoms with van der Waals surface area (Å²) in [5, 5.41) is -1.47. The second kappa shape index (κ2) is 8.85. The van der Waals surface area contributed by atoms with Crippen molar-refractivity contribution in [3.8, 4) is 0 Å². The zero-order chi connectivity index (χ0) is 29.6. The molecule has 0 aliphatic rings. The normalized spacial score (nSPS) is 14.7. The Kier molecular flexibility index (Phi) is 7.16. The standard InChI is InChI=1S/C18H6F14N2S4/c19-13(20,15(23,24)17(27,28)29)3-33-9(35)5-1-6-8(2-7(5)11(33)37)12(38)34(10(6)36)4-14(21,22)16(25,26)18(30,31)32/h1-2H,3-4H2. The van der Waals surface area contributed by atoms with E-state index < -0.39 is 67.7 Å². The quantitative estimate of drug-likeness (QED) is 0.196. The van der Waals surface area contributed by atoms with E-state index in [0.29, 0.717) is 0 Å². The van der Waals surface area contributed by atoms with E-state index in [1.54, 1.807) is 0 Å². The van der Waals surface area contributed by atoms with Crippen molar-refractivity contribution in [2.75, 3.05) is 0 Å². The Labute approximate surface area is 220 Å². The lowest BCUT2D eigenvalue weighted by Crippen LogP contribution is -2.53. The number of aromatic nitrogens is 2. The van der Waals surface area contributed by atoms with E-state index in [0.717, 1.165) is 12.1 Å². The molecule has 0 unspecified atom stereocenters. The number of fused-ring (bicyclic) bond motifs is 2. The van der Waals surface area contributed by atoms with Crippen molar-refractivity contribution in [2.45, 2.75) is 49.1 Å². The molecule has 3 rings (SSSR count). The molecule has 0 atom stereocenters. The molecule has 2 nitrogen and oxygen atoms in total. The number of nitrogens with zero attached hydrogens (tertiary/aromatic N) is 2. The first-order chi connectivity index (χ1) is 16.8. The summed E-state index contributed by atoms with van der Waals surface area (Å²) in [5.74, 6) is -24.5. The summed E-state index contributed by atoms with van der Waals surface area (Å²) in [6.45, 7) is -4.65. The van der Waals surface area contributed by atoms with Gasteiger partial charge < -0.3 is 9.13 Å². The van der Waals surface area contributed by atoms with Crippen LogP contribution >= 0.6 is 48.9 Å². The Balaban J connectivity index is 2.20. The van der Waals surface area contributed by atoms with Gasteiger partial charge in [0.1, 0.15) is 18.6 Å². The van der Waals surface area contributed by atoms with E-state index >= 15 is 0 Å². The summed E-state index contributed by atoms with van der Waals surface area (Å²) >= 11 is 19.4. The highest BCUT2D eigenvalue weighted by Crippen LogP contribution is 2.49. The minimum Gasteiger partial charge on any atom is -0.316 e. The zero-order valence-electron chi connectivity index (χ0n) is 17.4. The zero-order valence-corrected chi connectivity index (χ0v) is 20.7. The Bertz CT molecular complexity index is 1440. The molecule has 3 aromatic rings. The average molecular weight is 644 g/mol. The van der Waals surface area contributed by atoms with Gasteiger partial charge in [-0.15, -0.1) is 0 Å². The second-order valence-electron chi connectivity index (χ2n) is 7.89. The molecule has 20 heteroatoms. The molecule has 210 valence electrons. The van der Waals surface area contributed by atoms with E-state index in [2.05, 4.69) is 0 Å². The van der Waals surface area contributed by atoms with Crippen molar-refractivity contribution in [3.05, 3.63) is 30.7 Å². The highest BCUT2D eigenvalue weighted by Gasteiger charge is 2.73. The molecule has 0 saturated carbocycles. The van der Waals surface area contributed by atoms with Gasteiger partial charge in [0.25, 0.3) is 0 Å². The van der Waals surface area contributed by atoms with Gasteiger partial charge in [0.15, 0.2) is 0 Å². The van der Waals surface area contributed by atoms with Gasteiger partial charge in [-0.1, -0.05) is 48.9 Å². The fraction of sp³-hybridized carbons (Fsp3) is 0.444. The maximum atomic E-state index is 14.0. The first kappa shape index (κ1) is 30.7. The topological polar surface area (TPSA) is 9.86 Å². The molecule has 0 fully saturated rings. The van der Waals surface area contributed by atoms with Crippen LogP contribution in [0, 0.1) is 18.6 Å². The molecule has 0 amide bonds. The molecule has 0 saturated heterocycles. The van der Waals surface area contributed by atoms with Crippen molar-refractivity contribution in [1.29, 1.82) is 0 Å². The van der Waals surface area contributed by atoms with Gasteiger partial charge in [0, 0.05) is 21.5 Å². The maximum Gasteiger partial charge on any atom is 0.459 e. The Morgan fingerprint density at radius 2 is 0.658 bits per heavy atom. The van der Waals surface area contributed by atoms with Crippen LogP contribution in [0.5, 0.6) is 0 Å². The third kappa shape index (κ3) is 4.43. The number of halogens is 14. The molecule has 2 heterocycles. The van der Waals surface area contributed by atoms with Crippen molar-refractivity contribution in [3.63, 3.8) is 0 Å². The SMILES string of the molecule is FC(F)(F)C(F)(F)C(F)(F)Cn1c(=S)c2cc3c(=S)n(CC(F)(F)C(F)(F)C(F)(F)F)c(=S)c3cc2c1=S. The molecule has 38 heavy (non-hydrogen) atoms. The Morgan fingerprint density at radius 1 is 0.447 bits per heavy atom. The second-order valence-corrected chi connectivity index (χ2v) is 9.44. The van der Waals surface area contributed by atoms with E-state index in [9.17, 15) is 61.5 Å². The predicted octanol–water partition coefficient (Wildman–Crippen LogP) is 9.06. The van der Waals surface area contributed by atoms with Crippen LogP contribution in [-0.4, -0.2) is 45.2 Å². The lowest BCUT2D eigenvalue weighted by Gasteiger charge is -2.28. The van der Waals surface area contributed by atoms with Crippen LogP contribution in [0.15, 0.2) is 12.1 Å². The van der Waals surface area contributed by atoms with Gasteiger partial charge in [-0.3, -0.25) is 0 Å². The number of benzene rings is 1. The molecule has 0 spiro atoms. The molecule has 2 aromatic heterocycles. The summed E-state index contributed by atoms with van der Waals surface area (Å²) in [5.41, 5.74) is 0. The monoisotopic (exact) mass is 644 g/mol. The number of alkyl halides is 14. The lowest BCUT2D eigenvalue weighted by atomic mass is 10.1.